The summed E-state index contributed by atoms with van der Waals surface area (Å²) in [5.74, 6) is -7.87. The van der Waals surface area contributed by atoms with Gasteiger partial charge in [-0.05, 0) is 13.3 Å². The van der Waals surface area contributed by atoms with Gasteiger partial charge in [-0.15, -0.1) is 0 Å². The summed E-state index contributed by atoms with van der Waals surface area (Å²) in [5.41, 5.74) is 0. The number of rotatable bonds is 2. The fourth-order valence-corrected chi connectivity index (χ4v) is 2.16. The van der Waals surface area contributed by atoms with Gasteiger partial charge in [-0.1, -0.05) is 12.2 Å². The molecule has 1 saturated carbocycles. The van der Waals surface area contributed by atoms with E-state index in [4.69, 9.17) is 0 Å². The second-order valence-corrected chi connectivity index (χ2v) is 3.53. The third kappa shape index (κ3) is 0.923. The minimum Gasteiger partial charge on any atom is -0.341 e. The molecule has 0 spiro atoms. The minimum absolute atomic E-state index is 0.0247. The van der Waals surface area contributed by atoms with E-state index in [2.05, 4.69) is 4.74 Å². The van der Waals surface area contributed by atoms with Crippen LogP contribution in [0.1, 0.15) is 13.3 Å². The van der Waals surface area contributed by atoms with Crippen LogP contribution in [0.5, 0.6) is 0 Å². The van der Waals surface area contributed by atoms with Crippen molar-refractivity contribution in [1.29, 1.82) is 0 Å². The fraction of sp³-hybridized carbons (Fsp3) is 0.778. The maximum atomic E-state index is 13.8. The molecule has 2 bridgehead atoms. The van der Waals surface area contributed by atoms with Gasteiger partial charge >= 0.3 is 5.92 Å². The summed E-state index contributed by atoms with van der Waals surface area (Å²) >= 11 is 0. The highest BCUT2D eigenvalue weighted by molar-refractivity contribution is 5.21. The maximum absolute atomic E-state index is 13.8. The zero-order chi connectivity index (χ0) is 9.69. The molecule has 3 atom stereocenters. The SMILES string of the molecule is CCOC1(F)C2C=CC(C2)C1(F)F. The van der Waals surface area contributed by atoms with Crippen LogP contribution < -0.4 is 0 Å². The van der Waals surface area contributed by atoms with Gasteiger partial charge in [0.25, 0.3) is 5.85 Å². The quantitative estimate of drug-likeness (QED) is 0.611. The minimum atomic E-state index is -3.36. The lowest BCUT2D eigenvalue weighted by atomic mass is 9.97. The van der Waals surface area contributed by atoms with E-state index in [1.807, 2.05) is 0 Å². The Kier molecular flexibility index (Phi) is 1.74. The summed E-state index contributed by atoms with van der Waals surface area (Å²) in [7, 11) is 0. The van der Waals surface area contributed by atoms with Crippen molar-refractivity contribution in [3.8, 4) is 0 Å². The Morgan fingerprint density at radius 3 is 2.38 bits per heavy atom. The Balaban J connectivity index is 2.33. The molecule has 2 aliphatic rings. The molecular formula is C9H11F3O. The molecule has 0 aliphatic heterocycles. The van der Waals surface area contributed by atoms with Gasteiger partial charge in [0.1, 0.15) is 0 Å². The van der Waals surface area contributed by atoms with Crippen LogP contribution in [0.4, 0.5) is 13.2 Å². The Labute approximate surface area is 74.6 Å². The second-order valence-electron chi connectivity index (χ2n) is 3.53. The number of hydrogen-bond acceptors (Lipinski definition) is 1. The normalized spacial score (nSPS) is 45.8. The van der Waals surface area contributed by atoms with Crippen molar-refractivity contribution in [2.45, 2.75) is 25.1 Å². The third-order valence-electron chi connectivity index (χ3n) is 2.84. The molecule has 0 aromatic rings. The Morgan fingerprint density at radius 1 is 1.31 bits per heavy atom. The first-order valence-corrected chi connectivity index (χ1v) is 4.41. The first kappa shape index (κ1) is 9.06. The second kappa shape index (κ2) is 2.50. The molecule has 74 valence electrons. The Morgan fingerprint density at radius 2 is 1.92 bits per heavy atom. The first-order chi connectivity index (χ1) is 6.02. The Bertz CT molecular complexity index is 251. The first-order valence-electron chi connectivity index (χ1n) is 4.41. The van der Waals surface area contributed by atoms with Gasteiger partial charge in [-0.3, -0.25) is 0 Å². The highest BCUT2D eigenvalue weighted by Crippen LogP contribution is 2.58. The standard InChI is InChI=1S/C9H11F3O/c1-2-13-9(12)7-4-3-6(5-7)8(9,10)11/h3-4,6-7H,2,5H2,1H3. The van der Waals surface area contributed by atoms with Crippen LogP contribution in [0.15, 0.2) is 12.2 Å². The summed E-state index contributed by atoms with van der Waals surface area (Å²) in [6, 6.07) is 0. The number of allylic oxidation sites excluding steroid dienone is 1. The van der Waals surface area contributed by atoms with Crippen molar-refractivity contribution >= 4 is 0 Å². The van der Waals surface area contributed by atoms with E-state index in [-0.39, 0.29) is 13.0 Å². The van der Waals surface area contributed by atoms with Crippen molar-refractivity contribution in [3.63, 3.8) is 0 Å². The molecule has 13 heavy (non-hydrogen) atoms. The van der Waals surface area contributed by atoms with Crippen molar-refractivity contribution in [2.75, 3.05) is 6.61 Å². The van der Waals surface area contributed by atoms with E-state index < -0.39 is 23.6 Å². The molecule has 2 aliphatic carbocycles. The molecule has 0 heterocycles. The number of alkyl halides is 3. The van der Waals surface area contributed by atoms with Crippen LogP contribution in [0.2, 0.25) is 0 Å². The summed E-state index contributed by atoms with van der Waals surface area (Å²) in [6.45, 7) is 1.50. The van der Waals surface area contributed by atoms with Gasteiger partial charge < -0.3 is 4.74 Å². The highest BCUT2D eigenvalue weighted by atomic mass is 19.3. The largest absolute Gasteiger partial charge is 0.341 e. The van der Waals surface area contributed by atoms with Gasteiger partial charge in [0.05, 0.1) is 0 Å². The van der Waals surface area contributed by atoms with Crippen LogP contribution in [0.25, 0.3) is 0 Å². The number of fused-ring (bicyclic) bond motifs is 2. The average molecular weight is 192 g/mol. The molecule has 0 saturated heterocycles. The lowest BCUT2D eigenvalue weighted by Gasteiger charge is -2.33. The molecular weight excluding hydrogens is 181 g/mol. The van der Waals surface area contributed by atoms with Gasteiger partial charge in [-0.25, -0.2) is 4.39 Å². The summed E-state index contributed by atoms with van der Waals surface area (Å²) in [5, 5.41) is 0. The summed E-state index contributed by atoms with van der Waals surface area (Å²) < 4.78 is 45.0. The van der Waals surface area contributed by atoms with Gasteiger partial charge in [0.2, 0.25) is 0 Å². The number of ether oxygens (including phenoxy) is 1. The van der Waals surface area contributed by atoms with Crippen molar-refractivity contribution in [2.24, 2.45) is 11.8 Å². The van der Waals surface area contributed by atoms with Gasteiger partial charge in [-0.2, -0.15) is 8.78 Å². The monoisotopic (exact) mass is 192 g/mol. The van der Waals surface area contributed by atoms with Gasteiger partial charge in [0, 0.05) is 18.4 Å². The summed E-state index contributed by atoms with van der Waals surface area (Å²) in [4.78, 5) is 0. The van der Waals surface area contributed by atoms with E-state index >= 15 is 0 Å². The van der Waals surface area contributed by atoms with Crippen LogP contribution in [0, 0.1) is 11.8 Å². The van der Waals surface area contributed by atoms with Gasteiger partial charge in [0.15, 0.2) is 0 Å². The molecule has 1 fully saturated rings. The molecule has 4 heteroatoms. The average Bonchev–Trinajstić information content (AvgIpc) is 2.56. The van der Waals surface area contributed by atoms with E-state index in [1.54, 1.807) is 0 Å². The fourth-order valence-electron chi connectivity index (χ4n) is 2.16. The molecule has 2 rings (SSSR count). The maximum Gasteiger partial charge on any atom is 0.312 e. The Hall–Kier alpha value is -0.510. The molecule has 0 N–H and O–H groups in total. The van der Waals surface area contributed by atoms with E-state index in [9.17, 15) is 13.2 Å². The highest BCUT2D eigenvalue weighted by Gasteiger charge is 2.71. The zero-order valence-electron chi connectivity index (χ0n) is 7.27. The van der Waals surface area contributed by atoms with Crippen molar-refractivity contribution in [3.05, 3.63) is 12.2 Å². The number of hydrogen-bond donors (Lipinski definition) is 0. The molecule has 3 unspecified atom stereocenters. The third-order valence-corrected chi connectivity index (χ3v) is 2.84. The van der Waals surface area contributed by atoms with Crippen molar-refractivity contribution < 1.29 is 17.9 Å². The smallest absolute Gasteiger partial charge is 0.312 e. The van der Waals surface area contributed by atoms with E-state index in [0.29, 0.717) is 0 Å². The molecule has 0 amide bonds. The van der Waals surface area contributed by atoms with Crippen LogP contribution in [0.3, 0.4) is 0 Å². The number of halogens is 3. The van der Waals surface area contributed by atoms with Crippen LogP contribution in [-0.2, 0) is 4.74 Å². The lowest BCUT2D eigenvalue weighted by Crippen LogP contribution is -2.49. The molecule has 0 aromatic heterocycles. The van der Waals surface area contributed by atoms with Crippen molar-refractivity contribution in [1.82, 2.24) is 0 Å². The molecule has 0 aromatic carbocycles. The van der Waals surface area contributed by atoms with E-state index in [0.717, 1.165) is 0 Å². The molecule has 1 nitrogen and oxygen atoms in total. The predicted molar refractivity (Wildman–Crippen MR) is 41.1 cm³/mol. The van der Waals surface area contributed by atoms with Crippen LogP contribution >= 0.6 is 0 Å². The van der Waals surface area contributed by atoms with E-state index in [1.165, 1.54) is 19.1 Å². The zero-order valence-corrected chi connectivity index (χ0v) is 7.27. The predicted octanol–water partition coefficient (Wildman–Crippen LogP) is 2.53. The molecule has 0 radical (unpaired) electrons. The topological polar surface area (TPSA) is 9.23 Å². The lowest BCUT2D eigenvalue weighted by molar-refractivity contribution is -0.280. The summed E-state index contributed by atoms with van der Waals surface area (Å²) in [6.07, 6.45) is 3.06. The van der Waals surface area contributed by atoms with Crippen LogP contribution in [-0.4, -0.2) is 18.4 Å².